The summed E-state index contributed by atoms with van der Waals surface area (Å²) in [7, 11) is 0. The molecule has 1 aliphatic heterocycles. The SMILES string of the molecule is O=C1CC[C@@H]2c3ccccc3CC[C@H]2N1. The van der Waals surface area contributed by atoms with Crippen molar-refractivity contribution in [3.63, 3.8) is 0 Å². The van der Waals surface area contributed by atoms with Crippen LogP contribution in [0.2, 0.25) is 0 Å². The summed E-state index contributed by atoms with van der Waals surface area (Å²) in [6.45, 7) is 0. The molecule has 2 nitrogen and oxygen atoms in total. The third-order valence-electron chi connectivity index (χ3n) is 3.69. The van der Waals surface area contributed by atoms with E-state index >= 15 is 0 Å². The van der Waals surface area contributed by atoms with E-state index in [9.17, 15) is 4.79 Å². The monoisotopic (exact) mass is 201 g/mol. The predicted octanol–water partition coefficient (Wildman–Crippen LogP) is 1.99. The Balaban J connectivity index is 1.97. The molecule has 0 aromatic heterocycles. The van der Waals surface area contributed by atoms with Gasteiger partial charge < -0.3 is 5.32 Å². The van der Waals surface area contributed by atoms with Crippen LogP contribution in [0.1, 0.15) is 36.3 Å². The van der Waals surface area contributed by atoms with Gasteiger partial charge in [0.2, 0.25) is 5.91 Å². The van der Waals surface area contributed by atoms with Crippen LogP contribution in [-0.2, 0) is 11.2 Å². The van der Waals surface area contributed by atoms with Crippen molar-refractivity contribution in [2.24, 2.45) is 0 Å². The van der Waals surface area contributed by atoms with Crippen LogP contribution in [0.25, 0.3) is 0 Å². The number of rotatable bonds is 0. The van der Waals surface area contributed by atoms with Crippen LogP contribution in [0, 0.1) is 0 Å². The molecular weight excluding hydrogens is 186 g/mol. The molecule has 1 fully saturated rings. The lowest BCUT2D eigenvalue weighted by Crippen LogP contribution is -2.45. The predicted molar refractivity (Wildman–Crippen MR) is 58.7 cm³/mol. The highest BCUT2D eigenvalue weighted by atomic mass is 16.1. The Hall–Kier alpha value is -1.31. The second-order valence-corrected chi connectivity index (χ2v) is 4.56. The van der Waals surface area contributed by atoms with Gasteiger partial charge in [0.25, 0.3) is 0 Å². The van der Waals surface area contributed by atoms with Gasteiger partial charge in [0, 0.05) is 18.4 Å². The van der Waals surface area contributed by atoms with Crippen molar-refractivity contribution in [3.05, 3.63) is 35.4 Å². The number of aryl methyl sites for hydroxylation is 1. The van der Waals surface area contributed by atoms with Crippen LogP contribution in [-0.4, -0.2) is 11.9 Å². The second-order valence-electron chi connectivity index (χ2n) is 4.56. The normalized spacial score (nSPS) is 28.9. The molecule has 0 saturated carbocycles. The van der Waals surface area contributed by atoms with Gasteiger partial charge in [-0.2, -0.15) is 0 Å². The Labute approximate surface area is 89.7 Å². The minimum absolute atomic E-state index is 0.232. The van der Waals surface area contributed by atoms with Crippen LogP contribution < -0.4 is 5.32 Å². The maximum atomic E-state index is 11.3. The first kappa shape index (κ1) is 8.96. The highest BCUT2D eigenvalue weighted by Gasteiger charge is 2.33. The Kier molecular flexibility index (Phi) is 2.01. The van der Waals surface area contributed by atoms with E-state index in [4.69, 9.17) is 0 Å². The zero-order valence-corrected chi connectivity index (χ0v) is 8.70. The molecule has 1 aliphatic carbocycles. The van der Waals surface area contributed by atoms with Crippen molar-refractivity contribution in [2.45, 2.75) is 37.6 Å². The maximum Gasteiger partial charge on any atom is 0.220 e. The average molecular weight is 201 g/mol. The molecule has 2 aliphatic rings. The van der Waals surface area contributed by atoms with E-state index in [1.54, 1.807) is 0 Å². The molecule has 1 aromatic carbocycles. The van der Waals surface area contributed by atoms with E-state index < -0.39 is 0 Å². The first-order valence-electron chi connectivity index (χ1n) is 5.72. The summed E-state index contributed by atoms with van der Waals surface area (Å²) in [5.41, 5.74) is 2.95. The minimum atomic E-state index is 0.232. The molecule has 1 heterocycles. The lowest BCUT2D eigenvalue weighted by molar-refractivity contribution is -0.123. The van der Waals surface area contributed by atoms with Gasteiger partial charge in [0.1, 0.15) is 0 Å². The number of amides is 1. The molecule has 3 rings (SSSR count). The smallest absolute Gasteiger partial charge is 0.220 e. The summed E-state index contributed by atoms with van der Waals surface area (Å²) < 4.78 is 0. The van der Waals surface area contributed by atoms with E-state index in [0.717, 1.165) is 19.3 Å². The first-order valence-corrected chi connectivity index (χ1v) is 5.72. The van der Waals surface area contributed by atoms with Gasteiger partial charge in [-0.25, -0.2) is 0 Å². The van der Waals surface area contributed by atoms with Crippen molar-refractivity contribution in [1.82, 2.24) is 5.32 Å². The van der Waals surface area contributed by atoms with Crippen molar-refractivity contribution in [3.8, 4) is 0 Å². The number of carbonyl (C=O) groups excluding carboxylic acids is 1. The van der Waals surface area contributed by atoms with Crippen LogP contribution in [0.3, 0.4) is 0 Å². The zero-order chi connectivity index (χ0) is 10.3. The molecule has 1 N–H and O–H groups in total. The van der Waals surface area contributed by atoms with Crippen molar-refractivity contribution in [1.29, 1.82) is 0 Å². The van der Waals surface area contributed by atoms with E-state index in [-0.39, 0.29) is 5.91 Å². The summed E-state index contributed by atoms with van der Waals surface area (Å²) in [6.07, 6.45) is 3.92. The number of hydrogen-bond donors (Lipinski definition) is 1. The largest absolute Gasteiger partial charge is 0.353 e. The fourth-order valence-corrected chi connectivity index (χ4v) is 2.95. The molecule has 0 unspecified atom stereocenters. The number of fused-ring (bicyclic) bond motifs is 3. The first-order chi connectivity index (χ1) is 7.34. The fraction of sp³-hybridized carbons (Fsp3) is 0.462. The molecule has 1 amide bonds. The Morgan fingerprint density at radius 3 is 2.93 bits per heavy atom. The summed E-state index contributed by atoms with van der Waals surface area (Å²) in [5, 5.41) is 3.12. The average Bonchev–Trinajstić information content (AvgIpc) is 2.28. The number of carbonyl (C=O) groups is 1. The second kappa shape index (κ2) is 3.37. The summed E-state index contributed by atoms with van der Waals surface area (Å²) in [5.74, 6) is 0.795. The topological polar surface area (TPSA) is 29.1 Å². The molecule has 0 spiro atoms. The number of piperidine rings is 1. The lowest BCUT2D eigenvalue weighted by atomic mass is 9.75. The summed E-state index contributed by atoms with van der Waals surface area (Å²) >= 11 is 0. The van der Waals surface area contributed by atoms with Crippen LogP contribution in [0.4, 0.5) is 0 Å². The molecule has 2 atom stereocenters. The standard InChI is InChI=1S/C13H15NO/c15-13-8-6-11-10-4-2-1-3-9(10)5-7-12(11)14-13/h1-4,11-12H,5-8H2,(H,14,15)/t11-,12-/m1/s1. The van der Waals surface area contributed by atoms with E-state index in [0.29, 0.717) is 18.4 Å². The maximum absolute atomic E-state index is 11.3. The molecule has 15 heavy (non-hydrogen) atoms. The highest BCUT2D eigenvalue weighted by molar-refractivity contribution is 5.77. The van der Waals surface area contributed by atoms with Gasteiger partial charge >= 0.3 is 0 Å². The molecule has 78 valence electrons. The van der Waals surface area contributed by atoms with Crippen LogP contribution in [0.5, 0.6) is 0 Å². The highest BCUT2D eigenvalue weighted by Crippen LogP contribution is 2.36. The Morgan fingerprint density at radius 2 is 2.00 bits per heavy atom. The summed E-state index contributed by atoms with van der Waals surface area (Å²) in [6, 6.07) is 9.06. The van der Waals surface area contributed by atoms with Crippen molar-refractivity contribution < 1.29 is 4.79 Å². The number of benzene rings is 1. The fourth-order valence-electron chi connectivity index (χ4n) is 2.95. The van der Waals surface area contributed by atoms with E-state index in [2.05, 4.69) is 29.6 Å². The molecule has 0 radical (unpaired) electrons. The van der Waals surface area contributed by atoms with E-state index in [1.807, 2.05) is 0 Å². The molecule has 1 saturated heterocycles. The van der Waals surface area contributed by atoms with Gasteiger partial charge in [-0.15, -0.1) is 0 Å². The Bertz CT molecular complexity index is 399. The Morgan fingerprint density at radius 1 is 1.13 bits per heavy atom. The van der Waals surface area contributed by atoms with Gasteiger partial charge in [0.15, 0.2) is 0 Å². The zero-order valence-electron chi connectivity index (χ0n) is 8.70. The molecule has 0 bridgehead atoms. The van der Waals surface area contributed by atoms with Gasteiger partial charge in [0.05, 0.1) is 0 Å². The molecular formula is C13H15NO. The summed E-state index contributed by atoms with van der Waals surface area (Å²) in [4.78, 5) is 11.3. The quantitative estimate of drug-likeness (QED) is 0.683. The third-order valence-corrected chi connectivity index (χ3v) is 3.69. The van der Waals surface area contributed by atoms with Crippen LogP contribution >= 0.6 is 0 Å². The number of hydrogen-bond acceptors (Lipinski definition) is 1. The number of nitrogens with one attached hydrogen (secondary N) is 1. The third kappa shape index (κ3) is 1.44. The van der Waals surface area contributed by atoms with Crippen molar-refractivity contribution in [2.75, 3.05) is 0 Å². The van der Waals surface area contributed by atoms with Crippen molar-refractivity contribution >= 4 is 5.91 Å². The van der Waals surface area contributed by atoms with Gasteiger partial charge in [-0.1, -0.05) is 24.3 Å². The molecule has 1 aromatic rings. The van der Waals surface area contributed by atoms with Gasteiger partial charge in [-0.3, -0.25) is 4.79 Å². The lowest BCUT2D eigenvalue weighted by Gasteiger charge is -2.37. The van der Waals surface area contributed by atoms with Crippen LogP contribution in [0.15, 0.2) is 24.3 Å². The van der Waals surface area contributed by atoms with E-state index in [1.165, 1.54) is 11.1 Å². The minimum Gasteiger partial charge on any atom is -0.353 e. The molecule has 2 heteroatoms. The van der Waals surface area contributed by atoms with Gasteiger partial charge in [-0.05, 0) is 30.4 Å².